The quantitative estimate of drug-likeness (QED) is 0.403. The molecule has 1 aromatic rings. The van der Waals surface area contributed by atoms with Gasteiger partial charge in [-0.2, -0.15) is 0 Å². The van der Waals surface area contributed by atoms with Crippen molar-refractivity contribution in [2.45, 2.75) is 32.6 Å². The summed E-state index contributed by atoms with van der Waals surface area (Å²) in [5, 5.41) is 10.7. The Morgan fingerprint density at radius 3 is 2.69 bits per heavy atom. The minimum atomic E-state index is -0.415. The molecular weight excluding hydrogens is 206 g/mol. The van der Waals surface area contributed by atoms with Crippen molar-refractivity contribution in [3.8, 4) is 5.75 Å². The van der Waals surface area contributed by atoms with Crippen molar-refractivity contribution in [1.29, 1.82) is 0 Å². The monoisotopic (exact) mass is 223 g/mol. The summed E-state index contributed by atoms with van der Waals surface area (Å²) >= 11 is 0. The first-order valence-electron chi connectivity index (χ1n) is 5.62. The summed E-state index contributed by atoms with van der Waals surface area (Å²) in [6, 6.07) is 6.48. The van der Waals surface area contributed by atoms with E-state index in [9.17, 15) is 10.1 Å². The Morgan fingerprint density at radius 1 is 1.25 bits per heavy atom. The van der Waals surface area contributed by atoms with Crippen LogP contribution in [0, 0.1) is 10.1 Å². The fraction of sp³-hybridized carbons (Fsp3) is 0.500. The van der Waals surface area contributed by atoms with Gasteiger partial charge in [0, 0.05) is 6.07 Å². The van der Waals surface area contributed by atoms with Gasteiger partial charge < -0.3 is 4.74 Å². The number of rotatable bonds is 7. The van der Waals surface area contributed by atoms with E-state index in [0.717, 1.165) is 12.8 Å². The van der Waals surface area contributed by atoms with E-state index in [1.54, 1.807) is 18.2 Å². The third-order valence-corrected chi connectivity index (χ3v) is 2.32. The fourth-order valence-electron chi connectivity index (χ4n) is 1.44. The Hall–Kier alpha value is -1.58. The van der Waals surface area contributed by atoms with E-state index in [-0.39, 0.29) is 5.69 Å². The van der Waals surface area contributed by atoms with Crippen LogP contribution in [0.3, 0.4) is 0 Å². The van der Waals surface area contributed by atoms with E-state index in [1.807, 2.05) is 0 Å². The van der Waals surface area contributed by atoms with E-state index < -0.39 is 4.92 Å². The summed E-state index contributed by atoms with van der Waals surface area (Å²) in [5.74, 6) is 0.365. The van der Waals surface area contributed by atoms with Crippen LogP contribution < -0.4 is 4.74 Å². The van der Waals surface area contributed by atoms with Crippen LogP contribution in [-0.4, -0.2) is 11.5 Å². The number of nitro benzene ring substituents is 1. The van der Waals surface area contributed by atoms with Gasteiger partial charge in [0.05, 0.1) is 11.5 Å². The second-order valence-corrected chi connectivity index (χ2v) is 3.63. The van der Waals surface area contributed by atoms with Gasteiger partial charge >= 0.3 is 5.69 Å². The average Bonchev–Trinajstić information content (AvgIpc) is 2.29. The summed E-state index contributed by atoms with van der Waals surface area (Å²) in [7, 11) is 0. The molecule has 1 rings (SSSR count). The molecule has 1 aromatic carbocycles. The average molecular weight is 223 g/mol. The maximum atomic E-state index is 10.7. The molecule has 4 nitrogen and oxygen atoms in total. The van der Waals surface area contributed by atoms with Gasteiger partial charge in [0.25, 0.3) is 0 Å². The van der Waals surface area contributed by atoms with Crippen molar-refractivity contribution in [1.82, 2.24) is 0 Å². The Bertz CT molecular complexity index is 339. The number of nitro groups is 1. The first kappa shape index (κ1) is 12.5. The maximum Gasteiger partial charge on any atom is 0.310 e. The van der Waals surface area contributed by atoms with E-state index >= 15 is 0 Å². The molecule has 0 aliphatic heterocycles. The topological polar surface area (TPSA) is 52.4 Å². The summed E-state index contributed by atoms with van der Waals surface area (Å²) in [4.78, 5) is 10.3. The van der Waals surface area contributed by atoms with Crippen LogP contribution in [-0.2, 0) is 0 Å². The van der Waals surface area contributed by atoms with Crippen LogP contribution >= 0.6 is 0 Å². The molecule has 0 aliphatic carbocycles. The van der Waals surface area contributed by atoms with Crippen molar-refractivity contribution >= 4 is 5.69 Å². The highest BCUT2D eigenvalue weighted by Crippen LogP contribution is 2.25. The third kappa shape index (κ3) is 3.88. The normalized spacial score (nSPS) is 10.1. The zero-order chi connectivity index (χ0) is 11.8. The largest absolute Gasteiger partial charge is 0.487 e. The van der Waals surface area contributed by atoms with E-state index in [1.165, 1.54) is 18.9 Å². The molecular formula is C12H17NO3. The predicted octanol–water partition coefficient (Wildman–Crippen LogP) is 3.55. The van der Waals surface area contributed by atoms with Gasteiger partial charge in [-0.05, 0) is 12.5 Å². The van der Waals surface area contributed by atoms with Crippen LogP contribution in [0.2, 0.25) is 0 Å². The summed E-state index contributed by atoms with van der Waals surface area (Å²) in [6.07, 6.45) is 4.41. The van der Waals surface area contributed by atoms with Crippen LogP contribution in [0.4, 0.5) is 5.69 Å². The molecule has 0 aromatic heterocycles. The van der Waals surface area contributed by atoms with E-state index in [0.29, 0.717) is 12.4 Å². The number of nitrogens with zero attached hydrogens (tertiary/aromatic N) is 1. The maximum absolute atomic E-state index is 10.7. The molecule has 16 heavy (non-hydrogen) atoms. The first-order chi connectivity index (χ1) is 7.75. The minimum absolute atomic E-state index is 0.0398. The molecule has 0 spiro atoms. The highest BCUT2D eigenvalue weighted by molar-refractivity contribution is 5.45. The van der Waals surface area contributed by atoms with Crippen LogP contribution in [0.25, 0.3) is 0 Å². The Morgan fingerprint density at radius 2 is 2.00 bits per heavy atom. The number of hydrogen-bond acceptors (Lipinski definition) is 3. The van der Waals surface area contributed by atoms with Gasteiger partial charge in [-0.3, -0.25) is 10.1 Å². The molecule has 0 N–H and O–H groups in total. The number of unbranched alkanes of at least 4 members (excludes halogenated alkanes) is 3. The molecule has 0 atom stereocenters. The van der Waals surface area contributed by atoms with E-state index in [2.05, 4.69) is 6.92 Å². The molecule has 0 heterocycles. The Labute approximate surface area is 95.4 Å². The van der Waals surface area contributed by atoms with Crippen molar-refractivity contribution in [2.24, 2.45) is 0 Å². The standard InChI is InChI=1S/C12H17NO3/c1-2-3-4-7-10-16-12-9-6-5-8-11(12)13(14)15/h5-6,8-9H,2-4,7,10H2,1H3. The van der Waals surface area contributed by atoms with Gasteiger partial charge in [-0.25, -0.2) is 0 Å². The first-order valence-corrected chi connectivity index (χ1v) is 5.62. The molecule has 0 saturated heterocycles. The summed E-state index contributed by atoms with van der Waals surface area (Å²) < 4.78 is 5.40. The molecule has 0 amide bonds. The summed E-state index contributed by atoms with van der Waals surface area (Å²) in [5.41, 5.74) is 0.0398. The van der Waals surface area contributed by atoms with Crippen LogP contribution in [0.5, 0.6) is 5.75 Å². The lowest BCUT2D eigenvalue weighted by Crippen LogP contribution is -2.00. The van der Waals surface area contributed by atoms with Gasteiger partial charge in [-0.15, -0.1) is 0 Å². The van der Waals surface area contributed by atoms with Crippen molar-refractivity contribution in [3.63, 3.8) is 0 Å². The van der Waals surface area contributed by atoms with Gasteiger partial charge in [0.1, 0.15) is 0 Å². The number of ether oxygens (including phenoxy) is 1. The minimum Gasteiger partial charge on any atom is -0.487 e. The predicted molar refractivity (Wildman–Crippen MR) is 62.7 cm³/mol. The van der Waals surface area contributed by atoms with Crippen molar-refractivity contribution in [2.75, 3.05) is 6.61 Å². The smallest absolute Gasteiger partial charge is 0.310 e. The SMILES string of the molecule is CCCCCCOc1ccccc1[N+](=O)[O-]. The third-order valence-electron chi connectivity index (χ3n) is 2.32. The van der Waals surface area contributed by atoms with Crippen LogP contribution in [0.15, 0.2) is 24.3 Å². The number of para-hydroxylation sites is 2. The summed E-state index contributed by atoms with van der Waals surface area (Å²) in [6.45, 7) is 2.69. The molecule has 0 unspecified atom stereocenters. The van der Waals surface area contributed by atoms with Gasteiger partial charge in [0.15, 0.2) is 5.75 Å². The van der Waals surface area contributed by atoms with Crippen LogP contribution in [0.1, 0.15) is 32.6 Å². The Balaban J connectivity index is 2.44. The lowest BCUT2D eigenvalue weighted by atomic mass is 10.2. The zero-order valence-electron chi connectivity index (χ0n) is 9.52. The Kier molecular flexibility index (Phi) is 5.32. The molecule has 4 heteroatoms. The zero-order valence-corrected chi connectivity index (χ0v) is 9.52. The number of benzene rings is 1. The molecule has 0 radical (unpaired) electrons. The lowest BCUT2D eigenvalue weighted by molar-refractivity contribution is -0.385. The second-order valence-electron chi connectivity index (χ2n) is 3.63. The van der Waals surface area contributed by atoms with E-state index in [4.69, 9.17) is 4.74 Å². The highest BCUT2D eigenvalue weighted by atomic mass is 16.6. The number of hydrogen-bond donors (Lipinski definition) is 0. The van der Waals surface area contributed by atoms with Crippen molar-refractivity contribution in [3.05, 3.63) is 34.4 Å². The lowest BCUT2D eigenvalue weighted by Gasteiger charge is -2.05. The fourth-order valence-corrected chi connectivity index (χ4v) is 1.44. The molecule has 0 fully saturated rings. The molecule has 0 bridgehead atoms. The molecule has 0 saturated carbocycles. The van der Waals surface area contributed by atoms with Crippen molar-refractivity contribution < 1.29 is 9.66 Å². The van der Waals surface area contributed by atoms with Gasteiger partial charge in [0.2, 0.25) is 0 Å². The highest BCUT2D eigenvalue weighted by Gasteiger charge is 2.12. The van der Waals surface area contributed by atoms with Gasteiger partial charge in [-0.1, -0.05) is 38.3 Å². The molecule has 88 valence electrons. The second kappa shape index (κ2) is 6.82. The molecule has 0 aliphatic rings.